The average molecular weight is 312 g/mol. The van der Waals surface area contributed by atoms with Gasteiger partial charge in [0, 0.05) is 6.42 Å². The molecule has 1 aliphatic rings. The van der Waals surface area contributed by atoms with Gasteiger partial charge in [-0.25, -0.2) is 9.78 Å². The Hall–Kier alpha value is -2.01. The molecule has 2 aromatic carbocycles. The predicted molar refractivity (Wildman–Crippen MR) is 85.2 cm³/mol. The Bertz CT molecular complexity index is 644. The van der Waals surface area contributed by atoms with E-state index >= 15 is 0 Å². The summed E-state index contributed by atoms with van der Waals surface area (Å²) in [5, 5.41) is 10.2. The van der Waals surface area contributed by atoms with Gasteiger partial charge in [0.2, 0.25) is 6.29 Å². The Morgan fingerprint density at radius 3 is 1.96 bits per heavy atom. The summed E-state index contributed by atoms with van der Waals surface area (Å²) in [6.45, 7) is 3.18. The van der Waals surface area contributed by atoms with Crippen LogP contribution in [0.25, 0.3) is 0 Å². The summed E-state index contributed by atoms with van der Waals surface area (Å²) >= 11 is 0. The van der Waals surface area contributed by atoms with Gasteiger partial charge in [0.15, 0.2) is 5.60 Å². The Morgan fingerprint density at radius 1 is 1.04 bits per heavy atom. The van der Waals surface area contributed by atoms with Gasteiger partial charge < -0.3 is 5.11 Å². The molecule has 4 nitrogen and oxygen atoms in total. The number of rotatable bonds is 3. The minimum Gasteiger partial charge on any atom is -0.365 e. The number of carbonyl (C=O) groups is 1. The second-order valence-electron chi connectivity index (χ2n) is 6.24. The molecule has 0 spiro atoms. The van der Waals surface area contributed by atoms with Gasteiger partial charge in [-0.3, -0.25) is 4.79 Å². The van der Waals surface area contributed by atoms with Crippen molar-refractivity contribution >= 4 is 5.78 Å². The molecular formula is C19H20O4. The summed E-state index contributed by atoms with van der Waals surface area (Å²) in [6, 6.07) is 19.3. The van der Waals surface area contributed by atoms with Gasteiger partial charge in [-0.15, -0.1) is 0 Å². The number of carbonyl (C=O) groups excluding carboxylic acids is 1. The number of Topliss-reactive ketones (excluding diaryl/α,β-unsaturated/α-hetero) is 1. The molecule has 3 rings (SSSR count). The van der Waals surface area contributed by atoms with Crippen LogP contribution in [0.2, 0.25) is 0 Å². The molecule has 2 atom stereocenters. The van der Waals surface area contributed by atoms with Crippen LogP contribution < -0.4 is 0 Å². The standard InChI is InChI=1S/C19H20O4/c1-14(20)18(2)13-19(23-22-17(18)21,15-9-5-3-6-10-15)16-11-7-4-8-12-16/h3-12,17,21H,13H2,1-2H3. The van der Waals surface area contributed by atoms with Crippen molar-refractivity contribution < 1.29 is 19.7 Å². The number of hydrogen-bond acceptors (Lipinski definition) is 4. The van der Waals surface area contributed by atoms with Crippen LogP contribution in [0.15, 0.2) is 60.7 Å². The monoisotopic (exact) mass is 312 g/mol. The number of hydrogen-bond donors (Lipinski definition) is 1. The highest BCUT2D eigenvalue weighted by molar-refractivity contribution is 5.82. The van der Waals surface area contributed by atoms with Crippen LogP contribution in [-0.4, -0.2) is 17.2 Å². The van der Waals surface area contributed by atoms with E-state index in [1.54, 1.807) is 6.92 Å². The van der Waals surface area contributed by atoms with Crippen LogP contribution >= 0.6 is 0 Å². The summed E-state index contributed by atoms with van der Waals surface area (Å²) < 4.78 is 0. The van der Waals surface area contributed by atoms with Gasteiger partial charge in [-0.2, -0.15) is 0 Å². The molecule has 0 aliphatic carbocycles. The van der Waals surface area contributed by atoms with Gasteiger partial charge in [0.1, 0.15) is 5.78 Å². The Labute approximate surface area is 135 Å². The molecular weight excluding hydrogens is 292 g/mol. The number of aliphatic hydroxyl groups is 1. The third-order valence-corrected chi connectivity index (χ3v) is 4.73. The van der Waals surface area contributed by atoms with Crippen LogP contribution in [0.1, 0.15) is 31.4 Å². The molecule has 1 N–H and O–H groups in total. The average Bonchev–Trinajstić information content (AvgIpc) is 2.59. The molecule has 0 aromatic heterocycles. The lowest BCUT2D eigenvalue weighted by Gasteiger charge is -2.46. The van der Waals surface area contributed by atoms with E-state index in [0.717, 1.165) is 11.1 Å². The van der Waals surface area contributed by atoms with Crippen LogP contribution in [0, 0.1) is 5.41 Å². The number of benzene rings is 2. The zero-order valence-electron chi connectivity index (χ0n) is 13.2. The summed E-state index contributed by atoms with van der Waals surface area (Å²) in [6.07, 6.45) is -0.995. The maximum absolute atomic E-state index is 12.2. The fourth-order valence-electron chi connectivity index (χ4n) is 3.05. The summed E-state index contributed by atoms with van der Waals surface area (Å²) in [5.41, 5.74) is -0.234. The van der Waals surface area contributed by atoms with E-state index in [1.807, 2.05) is 60.7 Å². The Kier molecular flexibility index (Phi) is 4.06. The topological polar surface area (TPSA) is 55.8 Å². The van der Waals surface area contributed by atoms with Crippen LogP contribution in [0.5, 0.6) is 0 Å². The molecule has 2 unspecified atom stereocenters. The molecule has 0 saturated carbocycles. The van der Waals surface area contributed by atoms with E-state index in [9.17, 15) is 9.90 Å². The van der Waals surface area contributed by atoms with Crippen molar-refractivity contribution in [3.63, 3.8) is 0 Å². The van der Waals surface area contributed by atoms with Gasteiger partial charge in [-0.1, -0.05) is 60.7 Å². The van der Waals surface area contributed by atoms with Crippen molar-refractivity contribution in [2.24, 2.45) is 5.41 Å². The summed E-state index contributed by atoms with van der Waals surface area (Å²) in [7, 11) is 0. The summed E-state index contributed by atoms with van der Waals surface area (Å²) in [5.74, 6) is -0.135. The molecule has 0 amide bonds. The van der Waals surface area contributed by atoms with Gasteiger partial charge >= 0.3 is 0 Å². The SMILES string of the molecule is CC(=O)C1(C)CC(c2ccccc2)(c2ccccc2)OOC1O. The molecule has 1 aliphatic heterocycles. The second-order valence-corrected chi connectivity index (χ2v) is 6.24. The lowest BCUT2D eigenvalue weighted by molar-refractivity contribution is -0.462. The van der Waals surface area contributed by atoms with Crippen LogP contribution in [0.4, 0.5) is 0 Å². The van der Waals surface area contributed by atoms with Crippen molar-refractivity contribution in [1.82, 2.24) is 0 Å². The Balaban J connectivity index is 2.16. The molecule has 0 bridgehead atoms. The van der Waals surface area contributed by atoms with E-state index in [4.69, 9.17) is 9.78 Å². The maximum Gasteiger partial charge on any atom is 0.201 e. The normalized spacial score (nSPS) is 26.7. The van der Waals surface area contributed by atoms with Crippen molar-refractivity contribution in [2.75, 3.05) is 0 Å². The largest absolute Gasteiger partial charge is 0.365 e. The molecule has 1 heterocycles. The lowest BCUT2D eigenvalue weighted by Crippen LogP contribution is -2.52. The quantitative estimate of drug-likeness (QED) is 0.884. The highest BCUT2D eigenvalue weighted by Crippen LogP contribution is 2.49. The fourth-order valence-corrected chi connectivity index (χ4v) is 3.05. The van der Waals surface area contributed by atoms with Crippen molar-refractivity contribution in [3.05, 3.63) is 71.8 Å². The van der Waals surface area contributed by atoms with Crippen molar-refractivity contribution in [2.45, 2.75) is 32.2 Å². The highest BCUT2D eigenvalue weighted by Gasteiger charge is 2.54. The first-order valence-corrected chi connectivity index (χ1v) is 7.64. The zero-order chi connectivity index (χ0) is 16.5. The predicted octanol–water partition coefficient (Wildman–Crippen LogP) is 3.20. The summed E-state index contributed by atoms with van der Waals surface area (Å²) in [4.78, 5) is 23.1. The van der Waals surface area contributed by atoms with E-state index < -0.39 is 17.3 Å². The fraction of sp³-hybridized carbons (Fsp3) is 0.316. The minimum absolute atomic E-state index is 0.135. The van der Waals surface area contributed by atoms with Gasteiger partial charge in [-0.05, 0) is 25.0 Å². The molecule has 2 aromatic rings. The number of ketones is 1. The first-order valence-electron chi connectivity index (χ1n) is 7.64. The molecule has 4 heteroatoms. The van der Waals surface area contributed by atoms with Crippen molar-refractivity contribution in [1.29, 1.82) is 0 Å². The van der Waals surface area contributed by atoms with E-state index in [1.165, 1.54) is 6.92 Å². The van der Waals surface area contributed by atoms with Gasteiger partial charge in [0.25, 0.3) is 0 Å². The molecule has 23 heavy (non-hydrogen) atoms. The first-order chi connectivity index (χ1) is 11.0. The maximum atomic E-state index is 12.2. The lowest BCUT2D eigenvalue weighted by atomic mass is 9.70. The third kappa shape index (κ3) is 2.59. The van der Waals surface area contributed by atoms with Crippen LogP contribution in [0.3, 0.4) is 0 Å². The zero-order valence-corrected chi connectivity index (χ0v) is 13.2. The minimum atomic E-state index is -1.29. The van der Waals surface area contributed by atoms with E-state index in [-0.39, 0.29) is 5.78 Å². The highest BCUT2D eigenvalue weighted by atomic mass is 17.2. The van der Waals surface area contributed by atoms with Crippen LogP contribution in [-0.2, 0) is 20.2 Å². The molecule has 1 saturated heterocycles. The third-order valence-electron chi connectivity index (χ3n) is 4.73. The van der Waals surface area contributed by atoms with Gasteiger partial charge in [0.05, 0.1) is 5.41 Å². The van der Waals surface area contributed by atoms with E-state index in [0.29, 0.717) is 6.42 Å². The van der Waals surface area contributed by atoms with Crippen molar-refractivity contribution in [3.8, 4) is 0 Å². The second kappa shape index (κ2) is 5.89. The molecule has 120 valence electrons. The Morgan fingerprint density at radius 2 is 1.52 bits per heavy atom. The van der Waals surface area contributed by atoms with E-state index in [2.05, 4.69) is 0 Å². The molecule has 0 radical (unpaired) electrons. The first kappa shape index (κ1) is 15.9. The number of aliphatic hydroxyl groups excluding tert-OH is 1. The molecule has 1 fully saturated rings. The smallest absolute Gasteiger partial charge is 0.201 e.